The van der Waals surface area contributed by atoms with Gasteiger partial charge >= 0.3 is 11.5 Å². The van der Waals surface area contributed by atoms with Crippen LogP contribution in [0.25, 0.3) is 5.65 Å². The Morgan fingerprint density at radius 2 is 2.20 bits per heavy atom. The van der Waals surface area contributed by atoms with Crippen molar-refractivity contribution >= 4 is 11.6 Å². The molecule has 1 aliphatic rings. The van der Waals surface area contributed by atoms with E-state index in [1.54, 1.807) is 6.07 Å². The number of carboxylic acids is 1. The maximum absolute atomic E-state index is 13.6. The molecular weight excluding hydrogens is 269 g/mol. The molecule has 2 aromatic heterocycles. The van der Waals surface area contributed by atoms with Crippen LogP contribution in [0.3, 0.4) is 0 Å². The lowest BCUT2D eigenvalue weighted by Crippen LogP contribution is -2.23. The summed E-state index contributed by atoms with van der Waals surface area (Å²) in [6.07, 6.45) is 1.54. The van der Waals surface area contributed by atoms with E-state index >= 15 is 0 Å². The Morgan fingerprint density at radius 1 is 1.50 bits per heavy atom. The number of aromatic carboxylic acids is 1. The Morgan fingerprint density at radius 3 is 2.85 bits per heavy atom. The molecule has 7 nitrogen and oxygen atoms in total. The molecule has 0 aromatic carbocycles. The van der Waals surface area contributed by atoms with E-state index < -0.39 is 23.0 Å². The Labute approximate surface area is 112 Å². The van der Waals surface area contributed by atoms with Crippen molar-refractivity contribution in [2.75, 3.05) is 13.2 Å². The fraction of sp³-hybridized carbons (Fsp3) is 0.417. The summed E-state index contributed by atoms with van der Waals surface area (Å²) in [4.78, 5) is 25.0. The number of halogens is 1. The molecule has 3 rings (SSSR count). The highest BCUT2D eigenvalue weighted by Crippen LogP contribution is 2.26. The van der Waals surface area contributed by atoms with Gasteiger partial charge in [0.25, 0.3) is 0 Å². The van der Waals surface area contributed by atoms with Crippen molar-refractivity contribution in [3.05, 3.63) is 33.6 Å². The minimum atomic E-state index is -1.52. The lowest BCUT2D eigenvalue weighted by atomic mass is 9.97. The van der Waals surface area contributed by atoms with Gasteiger partial charge in [-0.25, -0.2) is 4.79 Å². The van der Waals surface area contributed by atoms with Crippen LogP contribution in [0.2, 0.25) is 0 Å². The molecular formula is C12H12FN3O4. The van der Waals surface area contributed by atoms with Gasteiger partial charge in [0.1, 0.15) is 5.65 Å². The summed E-state index contributed by atoms with van der Waals surface area (Å²) in [6.45, 7) is 1.22. The summed E-state index contributed by atoms with van der Waals surface area (Å²) in [5.41, 5.74) is -0.991. The molecule has 0 bridgehead atoms. The van der Waals surface area contributed by atoms with E-state index in [9.17, 15) is 14.0 Å². The molecule has 0 amide bonds. The Hall–Kier alpha value is -2.22. The monoisotopic (exact) mass is 281 g/mol. The van der Waals surface area contributed by atoms with Gasteiger partial charge in [-0.2, -0.15) is 14.0 Å². The first-order chi connectivity index (χ1) is 9.58. The SMILES string of the molecule is O=C(O)c1[nH]c2cc(C3CCOCC3)nn2c(=O)c1F. The lowest BCUT2D eigenvalue weighted by Gasteiger charge is -2.19. The van der Waals surface area contributed by atoms with Crippen molar-refractivity contribution in [1.82, 2.24) is 14.6 Å². The number of hydrogen-bond donors (Lipinski definition) is 2. The third-order valence-corrected chi connectivity index (χ3v) is 3.43. The van der Waals surface area contributed by atoms with Crippen LogP contribution < -0.4 is 5.56 Å². The minimum absolute atomic E-state index is 0.132. The molecule has 106 valence electrons. The van der Waals surface area contributed by atoms with E-state index in [-0.39, 0.29) is 11.6 Å². The topological polar surface area (TPSA) is 96.7 Å². The molecule has 0 aliphatic carbocycles. The fourth-order valence-corrected chi connectivity index (χ4v) is 2.37. The number of fused-ring (bicyclic) bond motifs is 1. The number of H-pyrrole nitrogens is 1. The first-order valence-electron chi connectivity index (χ1n) is 6.20. The molecule has 3 heterocycles. The normalized spacial score (nSPS) is 16.6. The molecule has 8 heteroatoms. The average molecular weight is 281 g/mol. The summed E-state index contributed by atoms with van der Waals surface area (Å²) in [5.74, 6) is -2.73. The van der Waals surface area contributed by atoms with Crippen molar-refractivity contribution in [3.8, 4) is 0 Å². The number of carboxylic acid groups (broad SMARTS) is 1. The third-order valence-electron chi connectivity index (χ3n) is 3.43. The quantitative estimate of drug-likeness (QED) is 0.846. The van der Waals surface area contributed by atoms with E-state index in [2.05, 4.69) is 10.1 Å². The van der Waals surface area contributed by atoms with Gasteiger partial charge in [0, 0.05) is 25.2 Å². The van der Waals surface area contributed by atoms with Gasteiger partial charge in [-0.3, -0.25) is 4.79 Å². The van der Waals surface area contributed by atoms with Crippen molar-refractivity contribution in [2.45, 2.75) is 18.8 Å². The van der Waals surface area contributed by atoms with Gasteiger partial charge in [-0.05, 0) is 12.8 Å². The fourth-order valence-electron chi connectivity index (χ4n) is 2.37. The molecule has 2 aromatic rings. The van der Waals surface area contributed by atoms with Gasteiger partial charge < -0.3 is 14.8 Å². The average Bonchev–Trinajstić information content (AvgIpc) is 2.88. The molecule has 0 atom stereocenters. The maximum Gasteiger partial charge on any atom is 0.355 e. The Balaban J connectivity index is 2.13. The van der Waals surface area contributed by atoms with Crippen molar-refractivity contribution in [3.63, 3.8) is 0 Å². The van der Waals surface area contributed by atoms with E-state index in [0.29, 0.717) is 18.9 Å². The number of nitrogens with one attached hydrogen (secondary N) is 1. The summed E-state index contributed by atoms with van der Waals surface area (Å²) in [6, 6.07) is 1.59. The molecule has 20 heavy (non-hydrogen) atoms. The van der Waals surface area contributed by atoms with Gasteiger partial charge in [-0.15, -0.1) is 0 Å². The predicted octanol–water partition coefficient (Wildman–Crippen LogP) is 0.754. The van der Waals surface area contributed by atoms with Crippen molar-refractivity contribution in [2.24, 2.45) is 0 Å². The standard InChI is InChI=1S/C12H12FN3O4/c13-9-10(12(18)19)14-8-5-7(15-16(8)11(9)17)6-1-3-20-4-2-6/h5-6,14H,1-4H2,(H,18,19). The van der Waals surface area contributed by atoms with E-state index in [1.807, 2.05) is 0 Å². The number of hydrogen-bond acceptors (Lipinski definition) is 4. The van der Waals surface area contributed by atoms with Crippen molar-refractivity contribution in [1.29, 1.82) is 0 Å². The van der Waals surface area contributed by atoms with E-state index in [0.717, 1.165) is 17.4 Å². The number of ether oxygens (including phenoxy) is 1. The smallest absolute Gasteiger partial charge is 0.355 e. The van der Waals surface area contributed by atoms with Gasteiger partial charge in [0.05, 0.1) is 5.69 Å². The molecule has 0 radical (unpaired) electrons. The van der Waals surface area contributed by atoms with E-state index in [1.165, 1.54) is 0 Å². The number of nitrogens with zero attached hydrogens (tertiary/aromatic N) is 2. The largest absolute Gasteiger partial charge is 0.476 e. The zero-order valence-electron chi connectivity index (χ0n) is 10.4. The van der Waals surface area contributed by atoms with Gasteiger partial charge in [-0.1, -0.05) is 0 Å². The zero-order chi connectivity index (χ0) is 14.3. The summed E-state index contributed by atoms with van der Waals surface area (Å²) >= 11 is 0. The molecule has 1 aliphatic heterocycles. The Bertz CT molecular complexity index is 730. The molecule has 2 N–H and O–H groups in total. The highest BCUT2D eigenvalue weighted by Gasteiger charge is 2.22. The van der Waals surface area contributed by atoms with Gasteiger partial charge in [0.2, 0.25) is 5.82 Å². The second-order valence-corrected chi connectivity index (χ2v) is 4.68. The zero-order valence-corrected chi connectivity index (χ0v) is 10.4. The highest BCUT2D eigenvalue weighted by atomic mass is 19.1. The second-order valence-electron chi connectivity index (χ2n) is 4.68. The summed E-state index contributed by atoms with van der Waals surface area (Å²) in [5, 5.41) is 12.9. The maximum atomic E-state index is 13.6. The van der Waals surface area contributed by atoms with Gasteiger partial charge in [0.15, 0.2) is 5.69 Å². The predicted molar refractivity (Wildman–Crippen MR) is 65.5 cm³/mol. The highest BCUT2D eigenvalue weighted by molar-refractivity contribution is 5.86. The number of rotatable bonds is 2. The first kappa shape index (κ1) is 12.8. The first-order valence-corrected chi connectivity index (χ1v) is 6.20. The minimum Gasteiger partial charge on any atom is -0.476 e. The van der Waals surface area contributed by atoms with Crippen LogP contribution in [-0.4, -0.2) is 38.9 Å². The van der Waals surface area contributed by atoms with Crippen LogP contribution in [0.1, 0.15) is 34.9 Å². The van der Waals surface area contributed by atoms with Crippen LogP contribution in [0.5, 0.6) is 0 Å². The number of aromatic amines is 1. The van der Waals surface area contributed by atoms with Crippen molar-refractivity contribution < 1.29 is 19.0 Å². The Kier molecular flexibility index (Phi) is 3.01. The van der Waals surface area contributed by atoms with Crippen LogP contribution in [0.4, 0.5) is 4.39 Å². The summed E-state index contributed by atoms with van der Waals surface area (Å²) in [7, 11) is 0. The van der Waals surface area contributed by atoms with Crippen LogP contribution >= 0.6 is 0 Å². The van der Waals surface area contributed by atoms with Crippen LogP contribution in [0, 0.1) is 5.82 Å². The molecule has 1 fully saturated rings. The second kappa shape index (κ2) is 4.71. The molecule has 0 spiro atoms. The number of carbonyl (C=O) groups is 1. The molecule has 0 saturated carbocycles. The van der Waals surface area contributed by atoms with E-state index in [4.69, 9.17) is 9.84 Å². The number of aromatic nitrogens is 3. The third kappa shape index (κ3) is 1.97. The molecule has 0 unspecified atom stereocenters. The summed E-state index contributed by atoms with van der Waals surface area (Å²) < 4.78 is 19.7. The lowest BCUT2D eigenvalue weighted by molar-refractivity contribution is 0.0684. The molecule has 1 saturated heterocycles. The van der Waals surface area contributed by atoms with Crippen LogP contribution in [0.15, 0.2) is 10.9 Å². The van der Waals surface area contributed by atoms with Crippen LogP contribution in [-0.2, 0) is 4.74 Å².